The fourth-order valence-corrected chi connectivity index (χ4v) is 2.60. The molecule has 0 atom stereocenters. The molecule has 1 aromatic carbocycles. The Morgan fingerprint density at radius 2 is 1.82 bits per heavy atom. The number of fused-ring (bicyclic) bond motifs is 1. The van der Waals surface area contributed by atoms with Crippen molar-refractivity contribution in [3.63, 3.8) is 0 Å². The molecular weight excluding hydrogens is 377 g/mol. The van der Waals surface area contributed by atoms with Crippen molar-refractivity contribution in [3.05, 3.63) is 71.4 Å². The summed E-state index contributed by atoms with van der Waals surface area (Å²) >= 11 is 0. The van der Waals surface area contributed by atoms with Crippen molar-refractivity contribution < 1.29 is 22.6 Å². The first-order valence-electron chi connectivity index (χ1n) is 7.95. The second-order valence-corrected chi connectivity index (χ2v) is 5.62. The minimum atomic E-state index is -4.79. The van der Waals surface area contributed by atoms with E-state index in [1.54, 1.807) is 24.4 Å². The number of aromatic nitrogens is 4. The third-order valence-corrected chi connectivity index (χ3v) is 3.68. The number of ether oxygens (including phenoxy) is 2. The summed E-state index contributed by atoms with van der Waals surface area (Å²) in [6, 6.07) is 11.6. The molecule has 0 aliphatic carbocycles. The van der Waals surface area contributed by atoms with Gasteiger partial charge in [-0.3, -0.25) is 0 Å². The number of hydrogen-bond acceptors (Lipinski definition) is 5. The largest absolute Gasteiger partial charge is 0.573 e. The highest BCUT2D eigenvalue weighted by molar-refractivity contribution is 5.72. The van der Waals surface area contributed by atoms with Crippen LogP contribution in [-0.2, 0) is 0 Å². The van der Waals surface area contributed by atoms with Crippen molar-refractivity contribution >= 4 is 11.2 Å². The van der Waals surface area contributed by atoms with Gasteiger partial charge in [-0.2, -0.15) is 0 Å². The molecule has 0 spiro atoms. The van der Waals surface area contributed by atoms with Crippen LogP contribution in [0.5, 0.6) is 17.4 Å². The number of rotatable bonds is 4. The minimum absolute atomic E-state index is 0.118. The molecule has 7 nitrogen and oxygen atoms in total. The molecule has 0 amide bonds. The second kappa shape index (κ2) is 6.72. The van der Waals surface area contributed by atoms with Gasteiger partial charge in [0.1, 0.15) is 11.5 Å². The second-order valence-electron chi connectivity index (χ2n) is 5.62. The molecule has 0 fully saturated rings. The van der Waals surface area contributed by atoms with Crippen LogP contribution < -0.4 is 15.2 Å². The third kappa shape index (κ3) is 3.65. The number of imidazole rings is 1. The SMILES string of the molecule is O=c1[nH]c2cccnc2n1-c1ccc(Oc2cccc(OC(F)(F)F)c2)nc1. The van der Waals surface area contributed by atoms with Gasteiger partial charge >= 0.3 is 12.1 Å². The van der Waals surface area contributed by atoms with Gasteiger partial charge in [0, 0.05) is 18.3 Å². The van der Waals surface area contributed by atoms with Crippen LogP contribution in [-0.4, -0.2) is 25.9 Å². The lowest BCUT2D eigenvalue weighted by molar-refractivity contribution is -0.274. The van der Waals surface area contributed by atoms with Crippen LogP contribution in [0.25, 0.3) is 16.9 Å². The number of H-pyrrole nitrogens is 1. The molecule has 4 rings (SSSR count). The number of nitrogens with zero attached hydrogens (tertiary/aromatic N) is 3. The summed E-state index contributed by atoms with van der Waals surface area (Å²) in [6.07, 6.45) is -1.83. The molecule has 4 aromatic rings. The Labute approximate surface area is 155 Å². The molecule has 0 saturated carbocycles. The molecule has 0 aliphatic rings. The van der Waals surface area contributed by atoms with Gasteiger partial charge in [0.2, 0.25) is 5.88 Å². The lowest BCUT2D eigenvalue weighted by atomic mass is 10.3. The number of halogens is 3. The van der Waals surface area contributed by atoms with E-state index in [2.05, 4.69) is 19.7 Å². The molecule has 0 unspecified atom stereocenters. The van der Waals surface area contributed by atoms with Crippen LogP contribution in [0.3, 0.4) is 0 Å². The molecule has 0 aliphatic heterocycles. The van der Waals surface area contributed by atoms with E-state index in [-0.39, 0.29) is 17.3 Å². The Bertz CT molecular complexity index is 1180. The van der Waals surface area contributed by atoms with Crippen molar-refractivity contribution in [2.75, 3.05) is 0 Å². The van der Waals surface area contributed by atoms with E-state index in [1.807, 2.05) is 0 Å². The van der Waals surface area contributed by atoms with E-state index in [4.69, 9.17) is 4.74 Å². The summed E-state index contributed by atoms with van der Waals surface area (Å²) in [5.74, 6) is -0.153. The Kier molecular flexibility index (Phi) is 4.22. The topological polar surface area (TPSA) is 82.0 Å². The summed E-state index contributed by atoms with van der Waals surface area (Å²) in [5.41, 5.74) is 1.10. The summed E-state index contributed by atoms with van der Waals surface area (Å²) in [4.78, 5) is 23.1. The lowest BCUT2D eigenvalue weighted by Gasteiger charge is -2.10. The molecule has 0 bridgehead atoms. The molecule has 28 heavy (non-hydrogen) atoms. The minimum Gasteiger partial charge on any atom is -0.439 e. The highest BCUT2D eigenvalue weighted by Gasteiger charge is 2.31. The first-order valence-corrected chi connectivity index (χ1v) is 7.95. The van der Waals surface area contributed by atoms with Crippen LogP contribution in [0.2, 0.25) is 0 Å². The fraction of sp³-hybridized carbons (Fsp3) is 0.0556. The molecular formula is C18H11F3N4O3. The molecule has 0 radical (unpaired) electrons. The summed E-state index contributed by atoms with van der Waals surface area (Å²) in [7, 11) is 0. The van der Waals surface area contributed by atoms with E-state index < -0.39 is 12.1 Å². The van der Waals surface area contributed by atoms with Gasteiger partial charge in [-0.05, 0) is 30.3 Å². The van der Waals surface area contributed by atoms with Gasteiger partial charge in [-0.15, -0.1) is 13.2 Å². The van der Waals surface area contributed by atoms with Gasteiger partial charge in [0.05, 0.1) is 17.4 Å². The van der Waals surface area contributed by atoms with Crippen LogP contribution >= 0.6 is 0 Å². The van der Waals surface area contributed by atoms with E-state index in [1.165, 1.54) is 29.0 Å². The standard InChI is InChI=1S/C18H11F3N4O3/c19-18(20,21)28-13-4-1-3-12(9-13)27-15-7-6-11(10-23-15)25-16-14(24-17(25)26)5-2-8-22-16/h1-10H,(H,24,26). The first kappa shape index (κ1) is 17.6. The van der Waals surface area contributed by atoms with E-state index >= 15 is 0 Å². The Balaban J connectivity index is 1.58. The first-order chi connectivity index (χ1) is 13.4. The number of hydrogen-bond donors (Lipinski definition) is 1. The highest BCUT2D eigenvalue weighted by Crippen LogP contribution is 2.28. The van der Waals surface area contributed by atoms with Crippen molar-refractivity contribution in [1.82, 2.24) is 19.5 Å². The van der Waals surface area contributed by atoms with E-state index in [9.17, 15) is 18.0 Å². The number of alkyl halides is 3. The van der Waals surface area contributed by atoms with Crippen LogP contribution in [0.4, 0.5) is 13.2 Å². The van der Waals surface area contributed by atoms with Gasteiger partial charge in [-0.25, -0.2) is 19.3 Å². The Morgan fingerprint density at radius 3 is 2.57 bits per heavy atom. The van der Waals surface area contributed by atoms with Crippen LogP contribution in [0.1, 0.15) is 0 Å². The maximum atomic E-state index is 12.3. The maximum absolute atomic E-state index is 12.3. The lowest BCUT2D eigenvalue weighted by Crippen LogP contribution is -2.17. The maximum Gasteiger partial charge on any atom is 0.573 e. The molecule has 142 valence electrons. The molecule has 3 heterocycles. The quantitative estimate of drug-likeness (QED) is 0.575. The third-order valence-electron chi connectivity index (χ3n) is 3.68. The van der Waals surface area contributed by atoms with Gasteiger partial charge in [-0.1, -0.05) is 6.07 Å². The Morgan fingerprint density at radius 1 is 1.00 bits per heavy atom. The number of nitrogens with one attached hydrogen (secondary N) is 1. The fourth-order valence-electron chi connectivity index (χ4n) is 2.60. The number of pyridine rings is 2. The summed E-state index contributed by atoms with van der Waals surface area (Å²) < 4.78 is 47.6. The number of benzene rings is 1. The zero-order valence-corrected chi connectivity index (χ0v) is 14.0. The summed E-state index contributed by atoms with van der Waals surface area (Å²) in [6.45, 7) is 0. The zero-order chi connectivity index (χ0) is 19.7. The molecule has 3 aromatic heterocycles. The smallest absolute Gasteiger partial charge is 0.439 e. The van der Waals surface area contributed by atoms with Gasteiger partial charge < -0.3 is 14.5 Å². The van der Waals surface area contributed by atoms with Gasteiger partial charge in [0.25, 0.3) is 0 Å². The van der Waals surface area contributed by atoms with E-state index in [0.29, 0.717) is 16.9 Å². The highest BCUT2D eigenvalue weighted by atomic mass is 19.4. The zero-order valence-electron chi connectivity index (χ0n) is 14.0. The molecule has 1 N–H and O–H groups in total. The number of aromatic amines is 1. The molecule has 10 heteroatoms. The average Bonchev–Trinajstić information content (AvgIpc) is 2.97. The average molecular weight is 388 g/mol. The Hall–Kier alpha value is -3.82. The summed E-state index contributed by atoms with van der Waals surface area (Å²) in [5, 5.41) is 0. The van der Waals surface area contributed by atoms with Crippen LogP contribution in [0.15, 0.2) is 65.7 Å². The van der Waals surface area contributed by atoms with Crippen molar-refractivity contribution in [3.8, 4) is 23.1 Å². The predicted molar refractivity (Wildman–Crippen MR) is 92.7 cm³/mol. The van der Waals surface area contributed by atoms with Crippen molar-refractivity contribution in [2.24, 2.45) is 0 Å². The monoisotopic (exact) mass is 388 g/mol. The van der Waals surface area contributed by atoms with Crippen LogP contribution in [0, 0.1) is 0 Å². The van der Waals surface area contributed by atoms with Crippen molar-refractivity contribution in [2.45, 2.75) is 6.36 Å². The van der Waals surface area contributed by atoms with Gasteiger partial charge in [0.15, 0.2) is 5.65 Å². The normalized spacial score (nSPS) is 11.5. The van der Waals surface area contributed by atoms with E-state index in [0.717, 1.165) is 12.1 Å². The molecule has 0 saturated heterocycles. The predicted octanol–water partition coefficient (Wildman–Crippen LogP) is 3.80. The van der Waals surface area contributed by atoms with Crippen molar-refractivity contribution in [1.29, 1.82) is 0 Å².